The Morgan fingerprint density at radius 3 is 0.897 bits per heavy atom. The van der Waals surface area contributed by atoms with E-state index >= 15 is 0 Å². The van der Waals surface area contributed by atoms with Gasteiger partial charge in [0.2, 0.25) is 33.9 Å². The van der Waals surface area contributed by atoms with E-state index in [2.05, 4.69) is 192 Å². The summed E-state index contributed by atoms with van der Waals surface area (Å²) in [5.41, 5.74) is 19.0. The number of benzene rings is 3. The molecule has 0 N–H and O–H groups in total. The second-order valence-corrected chi connectivity index (χ2v) is 44.8. The van der Waals surface area contributed by atoms with Crippen molar-refractivity contribution in [2.45, 2.75) is 138 Å². The number of thiazole rings is 12. The van der Waals surface area contributed by atoms with E-state index in [-0.39, 0.29) is 126 Å². The molecule has 3 aromatic carbocycles. The number of pyridine rings is 4. The van der Waals surface area contributed by atoms with Gasteiger partial charge in [-0.3, -0.25) is 24.3 Å². The molecule has 0 radical (unpaired) electrons. The van der Waals surface area contributed by atoms with Crippen molar-refractivity contribution in [2.24, 2.45) is 0 Å². The molecule has 27 heterocycles. The summed E-state index contributed by atoms with van der Waals surface area (Å²) in [6.07, 6.45) is 0. The summed E-state index contributed by atoms with van der Waals surface area (Å²) in [6.45, 7) is 38.0. The number of rotatable bonds is 0. The van der Waals surface area contributed by atoms with Crippen molar-refractivity contribution in [3.8, 4) is 0 Å². The van der Waals surface area contributed by atoms with Crippen molar-refractivity contribution < 1.29 is 162 Å². The first kappa shape index (κ1) is 110. The monoisotopic (exact) mass is 3180 g/mol. The number of fused-ring (bicyclic) bond motifs is 20. The summed E-state index contributed by atoms with van der Waals surface area (Å²) in [4.78, 5) is 134. The van der Waals surface area contributed by atoms with E-state index in [1.54, 1.807) is 204 Å². The molecular weight excluding hydrogens is 3120 g/mol. The van der Waals surface area contributed by atoms with Crippen LogP contribution >= 0.6 is 136 Å². The normalized spacial score (nSPS) is 11.1. The zero-order valence-corrected chi connectivity index (χ0v) is 107. The number of hydrogen-bond acceptors (Lipinski definition) is 50. The Morgan fingerprint density at radius 1 is 0.171 bits per heavy atom. The molecule has 0 atom stereocenters. The minimum atomic E-state index is 0. The van der Waals surface area contributed by atoms with E-state index in [1.165, 1.54) is 0 Å². The van der Waals surface area contributed by atoms with Crippen LogP contribution < -0.4 is 0 Å². The van der Waals surface area contributed by atoms with E-state index in [0.717, 1.165) is 173 Å². The molecule has 27 aromatic heterocycles. The number of nitrogens with zero attached hydrogens (tertiary/aromatic N) is 30. The number of oxazole rings is 8. The summed E-state index contributed by atoms with van der Waals surface area (Å²) in [6, 6.07) is 26.8. The van der Waals surface area contributed by atoms with Crippen molar-refractivity contribution in [3.63, 3.8) is 0 Å². The fraction of sp³-hybridized carbons (Fsp3) is 0.222. The van der Waals surface area contributed by atoms with Gasteiger partial charge in [0.1, 0.15) is 26.2 Å². The molecule has 0 fully saturated rings. The van der Waals surface area contributed by atoms with Crippen LogP contribution in [0.3, 0.4) is 0 Å². The third-order valence-electron chi connectivity index (χ3n) is 19.1. The van der Waals surface area contributed by atoms with Crippen LogP contribution in [0.15, 0.2) is 59.6 Å². The predicted octanol–water partition coefficient (Wildman–Crippen LogP) is 24.2. The Bertz CT molecular complexity index is 7130. The average Bonchev–Trinajstić information content (AvgIpc) is 1.70. The SMILES string of the molecule is Cc1nc2[c-]c3nc(C)sc3[c-]c2s1.Cc1nc2[c-]c3oc(C)nc3[c-]c2o1.Cc1nc2[c-]c3sc(C)nc3[c-]c2s1.Cc1nc2cc3nc(C)sc3nc2s1.Cc1nc2nc3nc(C)oc3cc2o1.Cc1nc2nc3nc(C)oc3nc2o1.Cc1nc2nc3nc(C)sc3cc2s1.Cc1nc2nc3nc(C)sc3nc2s1.Cc1nc2nc3oc(C)nc3cc2o1.Cc1nc2nc3sc(C)nc3nc2s1.[W].[W].[W].[W].[W].[W]. The van der Waals surface area contributed by atoms with Crippen molar-refractivity contribution in [3.05, 3.63) is 168 Å². The van der Waals surface area contributed by atoms with Crippen LogP contribution in [0.1, 0.15) is 107 Å². The summed E-state index contributed by atoms with van der Waals surface area (Å²) < 4.78 is 48.9. The molecule has 0 aliphatic carbocycles. The van der Waals surface area contributed by atoms with E-state index in [0.29, 0.717) is 148 Å². The quantitative estimate of drug-likeness (QED) is 0.127. The topological polar surface area (TPSA) is 492 Å². The molecule has 56 heteroatoms. The molecule has 30 rings (SSSR count). The smallest absolute Gasteiger partial charge is 0.270 e. The van der Waals surface area contributed by atoms with E-state index in [4.69, 9.17) is 35.3 Å². The van der Waals surface area contributed by atoms with Crippen LogP contribution in [-0.4, -0.2) is 150 Å². The van der Waals surface area contributed by atoms with Crippen molar-refractivity contribution >= 4 is 350 Å². The number of aryl methyl sites for hydroxylation is 20. The average molecular weight is 3180 g/mol. The Kier molecular flexibility index (Phi) is 34.6. The molecule has 0 amide bonds. The Labute approximate surface area is 956 Å². The molecule has 0 saturated carbocycles. The maximum atomic E-state index is 5.33. The maximum Gasteiger partial charge on any atom is 0.270 e. The largest absolute Gasteiger partial charge is 0.531 e. The number of aromatic nitrogens is 30. The van der Waals surface area contributed by atoms with E-state index < -0.39 is 0 Å². The van der Waals surface area contributed by atoms with Gasteiger partial charge in [-0.15, -0.1) is 55.8 Å². The first-order valence-corrected chi connectivity index (χ1v) is 51.7. The van der Waals surface area contributed by atoms with Gasteiger partial charge in [-0.2, -0.15) is 58.7 Å². The molecule has 736 valence electrons. The van der Waals surface area contributed by atoms with Gasteiger partial charge in [-0.1, -0.05) is 79.2 Å². The Hall–Kier alpha value is -9.93. The second-order valence-electron chi connectivity index (χ2n) is 30.5. The van der Waals surface area contributed by atoms with Crippen molar-refractivity contribution in [1.29, 1.82) is 0 Å². The van der Waals surface area contributed by atoms with Crippen LogP contribution in [-0.2, 0) is 126 Å². The van der Waals surface area contributed by atoms with Crippen LogP contribution in [0.5, 0.6) is 0 Å². The Balaban J connectivity index is 0.000000121. The second kappa shape index (κ2) is 45.9. The molecule has 0 unspecified atom stereocenters. The molecule has 30 aromatic rings. The van der Waals surface area contributed by atoms with Crippen LogP contribution in [0.4, 0.5) is 0 Å². The molecule has 146 heavy (non-hydrogen) atoms. The van der Waals surface area contributed by atoms with E-state index in [1.807, 2.05) is 89.2 Å². The van der Waals surface area contributed by atoms with Crippen molar-refractivity contribution in [1.82, 2.24) is 150 Å². The minimum absolute atomic E-state index is 0. The third kappa shape index (κ3) is 24.7. The standard InChI is InChI=1S/C10H6N2O2.2C10H6N2S2.2C9H7N3O2.2C9H7N3S2.C8H6N4O2.2C8H6N4S2.6W/c2*1-5-11-7-3-10-8(4-9(7)13-5)12-6(2)14-10;1-5-11-7-3-8-10(4-9(7)13-5)14-6(2)12-8;1-4-10-6-3-7-8(11-5(2)13-7)12-9(6)14-4;2*1-4-10-8-6(13-4)3-7-9(12-8)11-5(2)14-7;1-4-10-6-3-7-9(12-8(6)13-4)14-5(2)11-7;1-3-9-5-7(13-3)12-8-6(11-5)10-4(2)14-8;1-3-9-5-7(13-3)12-6-8(11-5)14-4(2)10-6;1-3-9-5-7(13-3)12-8-6(11-5)10-4(2)14-8;;;;;;/h3*1-2H3;4*3H,1-2H3;3*1-2H3;;;;;;/q3*-2;;;;;;;;;;;;;. The fourth-order valence-corrected chi connectivity index (χ4v) is 23.3. The molecular formula is C90H64N30O8S12W6-6. The molecule has 0 spiro atoms. The van der Waals surface area contributed by atoms with Gasteiger partial charge < -0.3 is 65.2 Å². The summed E-state index contributed by atoms with van der Waals surface area (Å²) >= 11 is 19.5. The molecule has 0 saturated heterocycles. The molecule has 0 bridgehead atoms. The first-order chi connectivity index (χ1) is 67.2. The first-order valence-electron chi connectivity index (χ1n) is 41.9. The fourth-order valence-electron chi connectivity index (χ4n) is 13.8. The summed E-state index contributed by atoms with van der Waals surface area (Å²) in [7, 11) is 0. The van der Waals surface area contributed by atoms with Crippen LogP contribution in [0.2, 0.25) is 0 Å². The van der Waals surface area contributed by atoms with E-state index in [9.17, 15) is 0 Å². The molecule has 38 nitrogen and oxygen atoms in total. The summed E-state index contributed by atoms with van der Waals surface area (Å²) in [5.74, 6) is 4.63. The van der Waals surface area contributed by atoms with Gasteiger partial charge in [-0.25, -0.2) is 137 Å². The van der Waals surface area contributed by atoms with Gasteiger partial charge in [0.25, 0.3) is 11.4 Å². The molecule has 0 aliphatic rings. The van der Waals surface area contributed by atoms with Gasteiger partial charge in [0, 0.05) is 194 Å². The van der Waals surface area contributed by atoms with Gasteiger partial charge >= 0.3 is 0 Å². The van der Waals surface area contributed by atoms with Crippen LogP contribution in [0, 0.1) is 175 Å². The summed E-state index contributed by atoms with van der Waals surface area (Å²) in [5, 5.41) is 12.4. The van der Waals surface area contributed by atoms with Crippen LogP contribution in [0.25, 0.3) is 214 Å². The zero-order valence-electron chi connectivity index (χ0n) is 79.3. The molecule has 0 aliphatic heterocycles. The van der Waals surface area contributed by atoms with Crippen molar-refractivity contribution in [2.75, 3.05) is 0 Å². The maximum absolute atomic E-state index is 5.33. The zero-order chi connectivity index (χ0) is 97.1. The Morgan fingerprint density at radius 2 is 0.466 bits per heavy atom. The third-order valence-corrected chi connectivity index (χ3v) is 29.6. The predicted molar refractivity (Wildman–Crippen MR) is 549 cm³/mol. The van der Waals surface area contributed by atoms with Gasteiger partial charge in [0.05, 0.1) is 69.5 Å². The van der Waals surface area contributed by atoms with Gasteiger partial charge in [0.15, 0.2) is 117 Å². The minimum Gasteiger partial charge on any atom is -0.531 e. The van der Waals surface area contributed by atoms with Gasteiger partial charge in [-0.05, 0) is 95.2 Å². The number of hydrogen-bond donors (Lipinski definition) is 0.